The van der Waals surface area contributed by atoms with Gasteiger partial charge in [0.05, 0.1) is 19.6 Å². The maximum atomic E-state index is 13.8. The molecule has 1 aromatic rings. The number of amides is 7. The van der Waals surface area contributed by atoms with Crippen LogP contribution in [0.1, 0.15) is 45.1 Å². The molecule has 58 heavy (non-hydrogen) atoms. The number of ether oxygens (including phenoxy) is 1. The first-order chi connectivity index (χ1) is 27.0. The van der Waals surface area contributed by atoms with Crippen LogP contribution in [0.3, 0.4) is 0 Å². The number of carbonyl (C=O) groups excluding carboxylic acids is 7. The van der Waals surface area contributed by atoms with Gasteiger partial charge in [-0.3, -0.25) is 48.7 Å². The number of halogens is 6. The zero-order valence-corrected chi connectivity index (χ0v) is 31.0. The zero-order chi connectivity index (χ0) is 43.8. The average molecular weight is 840 g/mol. The number of nitrogens with two attached hydrogens (primary N) is 1. The number of rotatable bonds is 14. The van der Waals surface area contributed by atoms with Gasteiger partial charge in [0.2, 0.25) is 29.5 Å². The molecule has 0 saturated carbocycles. The van der Waals surface area contributed by atoms with Gasteiger partial charge < -0.3 is 47.5 Å². The summed E-state index contributed by atoms with van der Waals surface area (Å²) < 4.78 is 80.0. The Morgan fingerprint density at radius 2 is 1.45 bits per heavy atom. The van der Waals surface area contributed by atoms with E-state index in [0.717, 1.165) is 0 Å². The molecule has 10 N–H and O–H groups in total. The number of carboxylic acids is 1. The van der Waals surface area contributed by atoms with Crippen molar-refractivity contribution in [2.45, 2.75) is 82.5 Å². The minimum Gasteiger partial charge on any atom is -0.494 e. The Morgan fingerprint density at radius 1 is 0.845 bits per heavy atom. The molecule has 4 unspecified atom stereocenters. The molecule has 1 aromatic carbocycles. The van der Waals surface area contributed by atoms with Crippen LogP contribution in [0.25, 0.3) is 0 Å². The molecule has 19 nitrogen and oxygen atoms in total. The Hall–Kier alpha value is -6.17. The average Bonchev–Trinajstić information content (AvgIpc) is 3.12. The molecule has 4 atom stereocenters. The van der Waals surface area contributed by atoms with Crippen LogP contribution in [0.15, 0.2) is 29.3 Å². The van der Waals surface area contributed by atoms with Gasteiger partial charge in [-0.2, -0.15) is 26.3 Å². The van der Waals surface area contributed by atoms with Gasteiger partial charge in [-0.05, 0) is 42.9 Å². The van der Waals surface area contributed by atoms with Gasteiger partial charge in [0, 0.05) is 19.5 Å². The number of carbonyl (C=O) groups is 8. The molecule has 25 heteroatoms. The first-order valence-corrected chi connectivity index (χ1v) is 17.4. The van der Waals surface area contributed by atoms with Crippen LogP contribution < -0.4 is 47.7 Å². The van der Waals surface area contributed by atoms with Crippen molar-refractivity contribution >= 4 is 53.3 Å². The first kappa shape index (κ1) is 48.0. The van der Waals surface area contributed by atoms with Crippen molar-refractivity contribution in [2.24, 2.45) is 16.6 Å². The van der Waals surface area contributed by atoms with E-state index >= 15 is 0 Å². The van der Waals surface area contributed by atoms with Crippen LogP contribution in [0.5, 0.6) is 5.75 Å². The molecule has 322 valence electrons. The number of benzene rings is 1. The molecule has 1 aliphatic heterocycles. The topological polar surface area (TPSA) is 289 Å². The van der Waals surface area contributed by atoms with Crippen molar-refractivity contribution < 1.29 is 74.5 Å². The van der Waals surface area contributed by atoms with Crippen molar-refractivity contribution in [1.82, 2.24) is 37.2 Å². The van der Waals surface area contributed by atoms with Crippen molar-refractivity contribution in [3.63, 3.8) is 0 Å². The van der Waals surface area contributed by atoms with E-state index in [2.05, 4.69) is 31.6 Å². The molecular weight excluding hydrogens is 796 g/mol. The Morgan fingerprint density at radius 3 is 2.03 bits per heavy atom. The van der Waals surface area contributed by atoms with Crippen LogP contribution in [0.4, 0.5) is 26.3 Å². The molecule has 1 heterocycles. The summed E-state index contributed by atoms with van der Waals surface area (Å²) in [5, 5.41) is 24.2. The lowest BCUT2D eigenvalue weighted by Crippen LogP contribution is -2.59. The predicted molar refractivity (Wildman–Crippen MR) is 187 cm³/mol. The normalized spacial score (nSPS) is 20.3. The molecule has 7 amide bonds. The molecule has 0 aromatic heterocycles. The van der Waals surface area contributed by atoms with E-state index in [1.165, 1.54) is 29.6 Å². The Kier molecular flexibility index (Phi) is 18.2. The number of nitrogens with one attached hydrogen (secondary N) is 7. The van der Waals surface area contributed by atoms with Gasteiger partial charge in [0.1, 0.15) is 29.9 Å². The van der Waals surface area contributed by atoms with Gasteiger partial charge in [-0.15, -0.1) is 0 Å². The Balaban J connectivity index is 2.30. The second-order valence-electron chi connectivity index (χ2n) is 13.0. The van der Waals surface area contributed by atoms with E-state index in [9.17, 15) is 69.8 Å². The minimum atomic E-state index is -5.24. The SMILES string of the molecule is CC(C)C1NC(=O)C(Cc2ccc(OCCCNC(=O)C(F)(F)F)cc2)NC(=O)C(CC(=O)O)NC(=O)CNC(=O)C(CCCN=C(N)NC(=O)C(F)(F)F)NC1=O. The molecule has 0 radical (unpaired) electrons. The van der Waals surface area contributed by atoms with E-state index in [1.807, 2.05) is 0 Å². The number of aliphatic imine (C=N–C) groups is 1. The first-order valence-electron chi connectivity index (χ1n) is 17.4. The van der Waals surface area contributed by atoms with Crippen molar-refractivity contribution in [3.05, 3.63) is 29.8 Å². The maximum absolute atomic E-state index is 13.8. The summed E-state index contributed by atoms with van der Waals surface area (Å²) in [6.45, 7) is 1.55. The zero-order valence-electron chi connectivity index (χ0n) is 31.0. The lowest BCUT2D eigenvalue weighted by Gasteiger charge is -2.27. The van der Waals surface area contributed by atoms with Crippen molar-refractivity contribution in [3.8, 4) is 5.75 Å². The summed E-state index contributed by atoms with van der Waals surface area (Å²) in [6.07, 6.45) is -11.8. The number of alkyl halides is 6. The quantitative estimate of drug-likeness (QED) is 0.0457. The molecule has 0 bridgehead atoms. The molecule has 0 spiro atoms. The number of hydrogen-bond acceptors (Lipinski definition) is 10. The Bertz CT molecular complexity index is 1690. The number of guanidine groups is 1. The lowest BCUT2D eigenvalue weighted by molar-refractivity contribution is -0.173. The molecule has 2 rings (SSSR count). The summed E-state index contributed by atoms with van der Waals surface area (Å²) in [4.78, 5) is 104. The molecular formula is C33H43F6N9O10. The highest BCUT2D eigenvalue weighted by atomic mass is 19.4. The third-order valence-corrected chi connectivity index (χ3v) is 7.89. The number of hydrogen-bond donors (Lipinski definition) is 9. The second kappa shape index (κ2) is 21.9. The van der Waals surface area contributed by atoms with Gasteiger partial charge >= 0.3 is 30.1 Å². The summed E-state index contributed by atoms with van der Waals surface area (Å²) >= 11 is 0. The fraction of sp³-hybridized carbons (Fsp3) is 0.545. The summed E-state index contributed by atoms with van der Waals surface area (Å²) in [7, 11) is 0. The molecule has 1 fully saturated rings. The van der Waals surface area contributed by atoms with Crippen molar-refractivity contribution in [1.29, 1.82) is 0 Å². The van der Waals surface area contributed by atoms with E-state index in [-0.39, 0.29) is 51.1 Å². The number of aliphatic carboxylic acids is 1. The monoisotopic (exact) mass is 839 g/mol. The number of carboxylic acid groups (broad SMARTS) is 1. The highest BCUT2D eigenvalue weighted by molar-refractivity contribution is 5.99. The van der Waals surface area contributed by atoms with E-state index in [0.29, 0.717) is 5.56 Å². The predicted octanol–water partition coefficient (Wildman–Crippen LogP) is -1.35. The highest BCUT2D eigenvalue weighted by Crippen LogP contribution is 2.17. The third kappa shape index (κ3) is 16.9. The van der Waals surface area contributed by atoms with Crippen LogP contribution in [-0.2, 0) is 44.8 Å². The fourth-order valence-electron chi connectivity index (χ4n) is 4.96. The standard InChI is InChI=1S/C33H43F6N9O10/c1-16(2)24-28(55)45-19(5-3-10-42-31(40)48-30(57)33(37,38)39)25(52)43-15-22(49)44-21(14-23(50)51)26(53)46-20(27(54)47-24)13-17-6-8-18(9-7-17)58-12-4-11-41-29(56)32(34,35)36/h6-9,16,19-21,24H,3-5,10-15H2,1-2H3,(H,41,56)(H,43,52)(H,44,49)(H,45,55)(H,46,53)(H,47,54)(H,50,51)(H3,40,42,48,57). The smallest absolute Gasteiger partial charge is 0.471 e. The molecule has 1 aliphatic rings. The van der Waals surface area contributed by atoms with Crippen LogP contribution in [-0.4, -0.2) is 121 Å². The van der Waals surface area contributed by atoms with E-state index < -0.39 is 109 Å². The third-order valence-electron chi connectivity index (χ3n) is 7.89. The second-order valence-corrected chi connectivity index (χ2v) is 13.0. The number of nitrogens with zero attached hydrogens (tertiary/aromatic N) is 1. The molecule has 1 saturated heterocycles. The van der Waals surface area contributed by atoms with Crippen LogP contribution >= 0.6 is 0 Å². The summed E-state index contributed by atoms with van der Waals surface area (Å²) in [5.41, 5.74) is 5.71. The largest absolute Gasteiger partial charge is 0.494 e. The van der Waals surface area contributed by atoms with Crippen LogP contribution in [0.2, 0.25) is 0 Å². The summed E-state index contributed by atoms with van der Waals surface area (Å²) in [6, 6.07) is -0.214. The molecule has 0 aliphatic carbocycles. The van der Waals surface area contributed by atoms with E-state index in [4.69, 9.17) is 10.5 Å². The summed E-state index contributed by atoms with van der Waals surface area (Å²) in [5.74, 6) is -12.2. The minimum absolute atomic E-state index is 0.0282. The van der Waals surface area contributed by atoms with Gasteiger partial charge in [-0.1, -0.05) is 26.0 Å². The maximum Gasteiger partial charge on any atom is 0.471 e. The lowest BCUT2D eigenvalue weighted by atomic mass is 9.99. The van der Waals surface area contributed by atoms with Crippen LogP contribution in [0, 0.1) is 5.92 Å². The van der Waals surface area contributed by atoms with E-state index in [1.54, 1.807) is 19.2 Å². The van der Waals surface area contributed by atoms with Gasteiger partial charge in [-0.25, -0.2) is 0 Å². The van der Waals surface area contributed by atoms with Crippen molar-refractivity contribution in [2.75, 3.05) is 26.2 Å². The fourth-order valence-corrected chi connectivity index (χ4v) is 4.96. The van der Waals surface area contributed by atoms with Gasteiger partial charge in [0.25, 0.3) is 0 Å². The highest BCUT2D eigenvalue weighted by Gasteiger charge is 2.40. The Labute approximate surface area is 326 Å². The van der Waals surface area contributed by atoms with Gasteiger partial charge in [0.15, 0.2) is 5.96 Å².